The third-order valence-corrected chi connectivity index (χ3v) is 6.91. The van der Waals surface area contributed by atoms with E-state index in [2.05, 4.69) is 4.98 Å². The Morgan fingerprint density at radius 3 is 2.52 bits per heavy atom. The minimum absolute atomic E-state index is 0.484. The summed E-state index contributed by atoms with van der Waals surface area (Å²) < 4.78 is 6.54. The molecule has 9 heteroatoms. The fourth-order valence-corrected chi connectivity index (χ4v) is 4.64. The SMILES string of the molecule is C[Si](C)(C)[C@@]1(O)[C@H](O)[C@@H](CO)O[C@H]1n1ccc(=O)[nH]c1=O. The van der Waals surface area contributed by atoms with Gasteiger partial charge in [0.25, 0.3) is 5.56 Å². The van der Waals surface area contributed by atoms with Crippen LogP contribution in [0.1, 0.15) is 6.23 Å². The standard InChI is InChI=1S/C12H20N2O6Si/c1-21(2,3)12(19)9(17)7(6-15)20-10(12)14-5-4-8(16)13-11(14)18/h4-5,7,9-10,15,17,19H,6H2,1-3H3,(H,13,16,18)/t7-,9-,10-,12+/m1/s1. The first kappa shape index (κ1) is 16.1. The van der Waals surface area contributed by atoms with Gasteiger partial charge in [-0.15, -0.1) is 0 Å². The van der Waals surface area contributed by atoms with Crippen molar-refractivity contribution in [3.63, 3.8) is 0 Å². The van der Waals surface area contributed by atoms with Gasteiger partial charge in [0, 0.05) is 12.3 Å². The van der Waals surface area contributed by atoms with Crippen LogP contribution in [0.4, 0.5) is 0 Å². The molecule has 1 aliphatic heterocycles. The topological polar surface area (TPSA) is 125 Å². The van der Waals surface area contributed by atoms with Crippen molar-refractivity contribution in [2.24, 2.45) is 0 Å². The van der Waals surface area contributed by atoms with E-state index in [0.29, 0.717) is 0 Å². The van der Waals surface area contributed by atoms with E-state index in [1.165, 1.54) is 6.20 Å². The molecule has 21 heavy (non-hydrogen) atoms. The highest BCUT2D eigenvalue weighted by molar-refractivity contribution is 6.79. The van der Waals surface area contributed by atoms with E-state index in [1.54, 1.807) is 0 Å². The first-order valence-corrected chi connectivity index (χ1v) is 10.1. The van der Waals surface area contributed by atoms with E-state index in [9.17, 15) is 24.9 Å². The molecule has 1 fully saturated rings. The van der Waals surface area contributed by atoms with Gasteiger partial charge in [-0.1, -0.05) is 19.6 Å². The lowest BCUT2D eigenvalue weighted by Gasteiger charge is -2.41. The summed E-state index contributed by atoms with van der Waals surface area (Å²) in [4.78, 5) is 25.2. The smallest absolute Gasteiger partial charge is 0.330 e. The highest BCUT2D eigenvalue weighted by Gasteiger charge is 2.62. The molecule has 0 bridgehead atoms. The lowest BCUT2D eigenvalue weighted by atomic mass is 10.1. The second-order valence-electron chi connectivity index (χ2n) is 6.25. The van der Waals surface area contributed by atoms with Gasteiger partial charge in [0.2, 0.25) is 0 Å². The summed E-state index contributed by atoms with van der Waals surface area (Å²) in [6.07, 6.45) is -2.27. The van der Waals surface area contributed by atoms with Gasteiger partial charge in [-0.3, -0.25) is 14.3 Å². The highest BCUT2D eigenvalue weighted by Crippen LogP contribution is 2.43. The Morgan fingerprint density at radius 1 is 1.43 bits per heavy atom. The Bertz CT molecular complexity index is 636. The van der Waals surface area contributed by atoms with Crippen molar-refractivity contribution in [1.82, 2.24) is 9.55 Å². The van der Waals surface area contributed by atoms with Crippen LogP contribution in [0.3, 0.4) is 0 Å². The van der Waals surface area contributed by atoms with Gasteiger partial charge >= 0.3 is 5.69 Å². The lowest BCUT2D eigenvalue weighted by molar-refractivity contribution is -0.0702. The Hall–Kier alpha value is -1.26. The molecule has 0 unspecified atom stereocenters. The quantitative estimate of drug-likeness (QED) is 0.498. The third kappa shape index (κ3) is 2.40. The van der Waals surface area contributed by atoms with Gasteiger partial charge in [0.05, 0.1) is 14.7 Å². The summed E-state index contributed by atoms with van der Waals surface area (Å²) in [5, 5.41) is 29.0. The van der Waals surface area contributed by atoms with E-state index in [0.717, 1.165) is 10.6 Å². The van der Waals surface area contributed by atoms with Crippen LogP contribution < -0.4 is 11.2 Å². The van der Waals surface area contributed by atoms with Crippen molar-refractivity contribution >= 4 is 8.07 Å². The number of ether oxygens (including phenoxy) is 1. The number of hydrogen-bond donors (Lipinski definition) is 4. The number of aliphatic hydroxyl groups is 3. The Morgan fingerprint density at radius 2 is 2.05 bits per heavy atom. The first-order valence-electron chi connectivity index (χ1n) is 6.61. The number of nitrogens with zero attached hydrogens (tertiary/aromatic N) is 1. The van der Waals surface area contributed by atoms with Crippen LogP contribution in [0.2, 0.25) is 19.6 Å². The molecule has 0 aromatic carbocycles. The monoisotopic (exact) mass is 316 g/mol. The van der Waals surface area contributed by atoms with Gasteiger partial charge in [0.15, 0.2) is 6.23 Å². The van der Waals surface area contributed by atoms with Crippen LogP contribution in [0.5, 0.6) is 0 Å². The molecule has 0 aliphatic carbocycles. The molecule has 0 amide bonds. The molecule has 2 heterocycles. The van der Waals surface area contributed by atoms with Crippen molar-refractivity contribution in [2.45, 2.75) is 43.3 Å². The molecule has 1 aromatic rings. The van der Waals surface area contributed by atoms with E-state index in [4.69, 9.17) is 4.74 Å². The molecule has 1 saturated heterocycles. The van der Waals surface area contributed by atoms with Crippen molar-refractivity contribution < 1.29 is 20.1 Å². The second-order valence-corrected chi connectivity index (χ2v) is 11.5. The maximum Gasteiger partial charge on any atom is 0.330 e. The predicted molar refractivity (Wildman–Crippen MR) is 76.6 cm³/mol. The van der Waals surface area contributed by atoms with Gasteiger partial charge in [-0.25, -0.2) is 4.79 Å². The van der Waals surface area contributed by atoms with E-state index < -0.39 is 49.6 Å². The number of aliphatic hydroxyl groups excluding tert-OH is 2. The van der Waals surface area contributed by atoms with Gasteiger partial charge in [0.1, 0.15) is 17.4 Å². The van der Waals surface area contributed by atoms with Crippen LogP contribution >= 0.6 is 0 Å². The molecule has 0 saturated carbocycles. The summed E-state index contributed by atoms with van der Waals surface area (Å²) in [5.74, 6) is 0. The maximum absolute atomic E-state index is 11.9. The summed E-state index contributed by atoms with van der Waals surface area (Å²) in [7, 11) is -2.43. The van der Waals surface area contributed by atoms with Crippen LogP contribution in [-0.4, -0.2) is 57.0 Å². The summed E-state index contributed by atoms with van der Waals surface area (Å²) in [6, 6.07) is 1.13. The van der Waals surface area contributed by atoms with Gasteiger partial charge in [-0.2, -0.15) is 0 Å². The predicted octanol–water partition coefficient (Wildman–Crippen LogP) is -1.60. The largest absolute Gasteiger partial charge is 0.394 e. The van der Waals surface area contributed by atoms with Crippen molar-refractivity contribution in [3.05, 3.63) is 33.1 Å². The average molecular weight is 316 g/mol. The summed E-state index contributed by atoms with van der Waals surface area (Å²) in [6.45, 7) is 4.98. The first-order chi connectivity index (χ1) is 9.62. The maximum atomic E-state index is 11.9. The minimum Gasteiger partial charge on any atom is -0.394 e. The Labute approximate surface area is 121 Å². The van der Waals surface area contributed by atoms with E-state index >= 15 is 0 Å². The molecule has 118 valence electrons. The number of nitrogens with one attached hydrogen (secondary N) is 1. The molecule has 1 aromatic heterocycles. The molecular formula is C12H20N2O6Si. The molecule has 4 atom stereocenters. The van der Waals surface area contributed by atoms with Crippen LogP contribution in [0.15, 0.2) is 21.9 Å². The lowest BCUT2D eigenvalue weighted by Crippen LogP contribution is -2.63. The molecule has 8 nitrogen and oxygen atoms in total. The number of rotatable bonds is 3. The number of aromatic amines is 1. The van der Waals surface area contributed by atoms with Gasteiger partial charge in [-0.05, 0) is 0 Å². The van der Waals surface area contributed by atoms with Crippen LogP contribution in [0.25, 0.3) is 0 Å². The van der Waals surface area contributed by atoms with Crippen molar-refractivity contribution in [1.29, 1.82) is 0 Å². The molecule has 2 rings (SSSR count). The van der Waals surface area contributed by atoms with Crippen molar-refractivity contribution in [3.8, 4) is 0 Å². The Balaban J connectivity index is 2.60. The van der Waals surface area contributed by atoms with E-state index in [1.807, 2.05) is 19.6 Å². The Kier molecular flexibility index (Phi) is 3.97. The number of H-pyrrole nitrogens is 1. The highest BCUT2D eigenvalue weighted by atomic mass is 28.3. The molecule has 1 aliphatic rings. The van der Waals surface area contributed by atoms with Crippen LogP contribution in [0, 0.1) is 0 Å². The normalized spacial score (nSPS) is 33.3. The summed E-state index contributed by atoms with van der Waals surface area (Å²) in [5.41, 5.74) is -1.31. The zero-order chi connectivity index (χ0) is 16.0. The van der Waals surface area contributed by atoms with E-state index in [-0.39, 0.29) is 0 Å². The van der Waals surface area contributed by atoms with Crippen LogP contribution in [-0.2, 0) is 4.74 Å². The molecule has 4 N–H and O–H groups in total. The summed E-state index contributed by atoms with van der Waals surface area (Å²) >= 11 is 0. The fraction of sp³-hybridized carbons (Fsp3) is 0.667. The second kappa shape index (κ2) is 5.18. The molecule has 0 radical (unpaired) electrons. The fourth-order valence-electron chi connectivity index (χ4n) is 2.62. The zero-order valence-electron chi connectivity index (χ0n) is 12.1. The van der Waals surface area contributed by atoms with Crippen molar-refractivity contribution in [2.75, 3.05) is 6.61 Å². The minimum atomic E-state index is -2.43. The molecular weight excluding hydrogens is 296 g/mol. The molecule has 0 spiro atoms. The third-order valence-electron chi connectivity index (χ3n) is 3.97. The average Bonchev–Trinajstić information content (AvgIpc) is 2.63. The zero-order valence-corrected chi connectivity index (χ0v) is 13.1. The van der Waals surface area contributed by atoms with Gasteiger partial charge < -0.3 is 20.1 Å². The number of aromatic nitrogens is 2. The number of hydrogen-bond acceptors (Lipinski definition) is 6.